The molecule has 2 aromatic carbocycles. The van der Waals surface area contributed by atoms with E-state index in [-0.39, 0.29) is 12.5 Å². The van der Waals surface area contributed by atoms with Crippen LogP contribution in [0.1, 0.15) is 29.5 Å². The van der Waals surface area contributed by atoms with Gasteiger partial charge >= 0.3 is 0 Å². The van der Waals surface area contributed by atoms with E-state index in [2.05, 4.69) is 14.7 Å². The lowest BCUT2D eigenvalue weighted by atomic mass is 9.92. The van der Waals surface area contributed by atoms with Crippen LogP contribution in [0, 0.1) is 0 Å². The zero-order valence-corrected chi connectivity index (χ0v) is 17.0. The Morgan fingerprint density at radius 2 is 1.83 bits per heavy atom. The third kappa shape index (κ3) is 3.95. The number of benzene rings is 2. The van der Waals surface area contributed by atoms with Gasteiger partial charge in [-0.2, -0.15) is 0 Å². The minimum Gasteiger partial charge on any atom is -0.361 e. The van der Waals surface area contributed by atoms with Crippen molar-refractivity contribution in [3.63, 3.8) is 0 Å². The van der Waals surface area contributed by atoms with Gasteiger partial charge in [-0.3, -0.25) is 4.98 Å². The Bertz CT molecular complexity index is 1220. The highest BCUT2D eigenvalue weighted by molar-refractivity contribution is 7.89. The Labute approximate surface area is 170 Å². The molecule has 0 radical (unpaired) electrons. The first-order valence-electron chi connectivity index (χ1n) is 9.63. The molecule has 29 heavy (non-hydrogen) atoms. The van der Waals surface area contributed by atoms with E-state index in [1.807, 2.05) is 61.7 Å². The first-order chi connectivity index (χ1) is 14.1. The molecule has 6 heteroatoms. The summed E-state index contributed by atoms with van der Waals surface area (Å²) in [6.07, 6.45) is 6.13. The molecular formula is C23H23N3O2S. The minimum absolute atomic E-state index is 0.164. The Balaban J connectivity index is 1.70. The number of aryl methyl sites for hydroxylation is 1. The molecule has 0 aliphatic heterocycles. The third-order valence-corrected chi connectivity index (χ3v) is 6.73. The van der Waals surface area contributed by atoms with Crippen LogP contribution in [0.15, 0.2) is 84.1 Å². The normalized spacial score (nSPS) is 12.9. The summed E-state index contributed by atoms with van der Waals surface area (Å²) in [7, 11) is -3.63. The number of sulfonamides is 1. The van der Waals surface area contributed by atoms with Gasteiger partial charge in [-0.05, 0) is 41.3 Å². The number of hydrogen-bond acceptors (Lipinski definition) is 3. The van der Waals surface area contributed by atoms with Gasteiger partial charge in [0.1, 0.15) is 0 Å². The van der Waals surface area contributed by atoms with Gasteiger partial charge in [0.15, 0.2) is 0 Å². The SMILES string of the molecule is CCc1ccccc1S(=O)(=O)NCC(c1cccnc1)c1c[nH]c2ccccc12. The van der Waals surface area contributed by atoms with Crippen molar-refractivity contribution in [2.45, 2.75) is 24.2 Å². The van der Waals surface area contributed by atoms with Crippen molar-refractivity contribution in [1.29, 1.82) is 0 Å². The summed E-state index contributed by atoms with van der Waals surface area (Å²) in [5, 5.41) is 1.08. The molecule has 4 rings (SSSR count). The smallest absolute Gasteiger partial charge is 0.240 e. The Hall–Kier alpha value is -2.96. The molecule has 0 spiro atoms. The molecule has 0 saturated carbocycles. The molecule has 0 aliphatic rings. The van der Waals surface area contributed by atoms with E-state index in [9.17, 15) is 8.42 Å². The van der Waals surface area contributed by atoms with E-state index < -0.39 is 10.0 Å². The van der Waals surface area contributed by atoms with Gasteiger partial charge in [-0.25, -0.2) is 13.1 Å². The van der Waals surface area contributed by atoms with Crippen LogP contribution >= 0.6 is 0 Å². The van der Waals surface area contributed by atoms with Crippen molar-refractivity contribution >= 4 is 20.9 Å². The average molecular weight is 406 g/mol. The van der Waals surface area contributed by atoms with E-state index in [0.29, 0.717) is 11.3 Å². The van der Waals surface area contributed by atoms with Crippen LogP contribution in [0.4, 0.5) is 0 Å². The molecule has 2 aromatic heterocycles. The molecule has 1 unspecified atom stereocenters. The topological polar surface area (TPSA) is 74.8 Å². The molecule has 148 valence electrons. The number of fused-ring (bicyclic) bond motifs is 1. The number of pyridine rings is 1. The second kappa shape index (κ2) is 8.19. The first kappa shape index (κ1) is 19.4. The number of rotatable bonds is 7. The van der Waals surface area contributed by atoms with Crippen LogP contribution in [-0.4, -0.2) is 24.9 Å². The lowest BCUT2D eigenvalue weighted by molar-refractivity contribution is 0.576. The van der Waals surface area contributed by atoms with Crippen LogP contribution in [0.3, 0.4) is 0 Å². The molecule has 0 aliphatic carbocycles. The Morgan fingerprint density at radius 1 is 1.03 bits per heavy atom. The maximum absolute atomic E-state index is 13.0. The van der Waals surface area contributed by atoms with Gasteiger partial charge in [-0.15, -0.1) is 0 Å². The Kier molecular flexibility index (Phi) is 5.47. The van der Waals surface area contributed by atoms with Crippen molar-refractivity contribution in [2.75, 3.05) is 6.54 Å². The van der Waals surface area contributed by atoms with Gasteiger partial charge in [-0.1, -0.05) is 49.4 Å². The predicted octanol–water partition coefficient (Wildman–Crippen LogP) is 4.24. The van der Waals surface area contributed by atoms with Gasteiger partial charge in [0.2, 0.25) is 10.0 Å². The molecule has 0 amide bonds. The quantitative estimate of drug-likeness (QED) is 0.483. The van der Waals surface area contributed by atoms with Crippen LogP contribution in [0.2, 0.25) is 0 Å². The van der Waals surface area contributed by atoms with Crippen LogP contribution in [0.25, 0.3) is 10.9 Å². The zero-order valence-electron chi connectivity index (χ0n) is 16.2. The molecule has 2 N–H and O–H groups in total. The van der Waals surface area contributed by atoms with E-state index in [1.54, 1.807) is 24.5 Å². The zero-order chi connectivity index (χ0) is 20.3. The van der Waals surface area contributed by atoms with Crippen molar-refractivity contribution in [3.8, 4) is 0 Å². The molecule has 0 bridgehead atoms. The summed E-state index contributed by atoms with van der Waals surface area (Å²) in [5.41, 5.74) is 3.84. The highest BCUT2D eigenvalue weighted by Crippen LogP contribution is 2.30. The monoisotopic (exact) mass is 405 g/mol. The minimum atomic E-state index is -3.63. The molecule has 1 atom stereocenters. The van der Waals surface area contributed by atoms with Crippen molar-refractivity contribution in [3.05, 3.63) is 95.9 Å². The summed E-state index contributed by atoms with van der Waals surface area (Å²) >= 11 is 0. The number of aromatic nitrogens is 2. The summed E-state index contributed by atoms with van der Waals surface area (Å²) in [5.74, 6) is -0.164. The van der Waals surface area contributed by atoms with Crippen molar-refractivity contribution in [2.24, 2.45) is 0 Å². The Morgan fingerprint density at radius 3 is 2.62 bits per heavy atom. The molecule has 0 fully saturated rings. The van der Waals surface area contributed by atoms with Gasteiger partial charge in [0.25, 0.3) is 0 Å². The molecule has 4 aromatic rings. The number of nitrogens with one attached hydrogen (secondary N) is 2. The summed E-state index contributed by atoms with van der Waals surface area (Å²) < 4.78 is 28.9. The number of para-hydroxylation sites is 1. The van der Waals surface area contributed by atoms with Gasteiger partial charge in [0.05, 0.1) is 4.90 Å². The highest BCUT2D eigenvalue weighted by atomic mass is 32.2. The van der Waals surface area contributed by atoms with E-state index in [4.69, 9.17) is 0 Å². The summed E-state index contributed by atoms with van der Waals surface area (Å²) in [6.45, 7) is 2.20. The molecule has 0 saturated heterocycles. The van der Waals surface area contributed by atoms with E-state index >= 15 is 0 Å². The maximum Gasteiger partial charge on any atom is 0.240 e. The standard InChI is InChI=1S/C23H23N3O2S/c1-2-17-8-3-6-12-23(17)29(27,28)26-16-20(18-9-7-13-24-14-18)21-15-25-22-11-5-4-10-19(21)22/h3-15,20,25-26H,2,16H2,1H3. The van der Waals surface area contributed by atoms with E-state index in [1.165, 1.54) is 0 Å². The second-order valence-electron chi connectivity index (χ2n) is 6.94. The summed E-state index contributed by atoms with van der Waals surface area (Å²) in [4.78, 5) is 7.87. The lowest BCUT2D eigenvalue weighted by Gasteiger charge is -2.18. The van der Waals surface area contributed by atoms with Crippen LogP contribution < -0.4 is 4.72 Å². The fourth-order valence-corrected chi connectivity index (χ4v) is 5.06. The fraction of sp³-hybridized carbons (Fsp3) is 0.174. The van der Waals surface area contributed by atoms with Gasteiger partial charge < -0.3 is 4.98 Å². The molecule has 5 nitrogen and oxygen atoms in total. The molecular weight excluding hydrogens is 382 g/mol. The first-order valence-corrected chi connectivity index (χ1v) is 11.1. The average Bonchev–Trinajstić information content (AvgIpc) is 3.18. The third-order valence-electron chi connectivity index (χ3n) is 5.20. The van der Waals surface area contributed by atoms with Crippen LogP contribution in [-0.2, 0) is 16.4 Å². The number of hydrogen-bond donors (Lipinski definition) is 2. The molecule has 2 heterocycles. The maximum atomic E-state index is 13.0. The van der Waals surface area contributed by atoms with E-state index in [0.717, 1.165) is 27.6 Å². The number of aromatic amines is 1. The summed E-state index contributed by atoms with van der Waals surface area (Å²) in [6, 6.07) is 19.0. The highest BCUT2D eigenvalue weighted by Gasteiger charge is 2.23. The van der Waals surface area contributed by atoms with Gasteiger partial charge in [0, 0.05) is 42.0 Å². The fourth-order valence-electron chi connectivity index (χ4n) is 3.70. The van der Waals surface area contributed by atoms with Crippen molar-refractivity contribution in [1.82, 2.24) is 14.7 Å². The largest absolute Gasteiger partial charge is 0.361 e. The number of H-pyrrole nitrogens is 1. The van der Waals surface area contributed by atoms with Crippen LogP contribution in [0.5, 0.6) is 0 Å². The lowest BCUT2D eigenvalue weighted by Crippen LogP contribution is -2.29. The predicted molar refractivity (Wildman–Crippen MR) is 115 cm³/mol. The number of nitrogens with zero attached hydrogens (tertiary/aromatic N) is 1. The second-order valence-corrected chi connectivity index (χ2v) is 8.68. The van der Waals surface area contributed by atoms with Crippen molar-refractivity contribution < 1.29 is 8.42 Å².